The topological polar surface area (TPSA) is 52.6 Å². The van der Waals surface area contributed by atoms with Gasteiger partial charge in [-0.3, -0.25) is 0 Å². The van der Waals surface area contributed by atoms with Gasteiger partial charge in [0.05, 0.1) is 0 Å². The van der Waals surface area contributed by atoms with E-state index < -0.39 is 25.3 Å². The van der Waals surface area contributed by atoms with E-state index in [0.29, 0.717) is 5.75 Å². The fourth-order valence-electron chi connectivity index (χ4n) is 3.11. The van der Waals surface area contributed by atoms with Gasteiger partial charge >= 0.3 is 155 Å². The van der Waals surface area contributed by atoms with E-state index in [-0.39, 0.29) is 4.85 Å². The van der Waals surface area contributed by atoms with Crippen molar-refractivity contribution in [3.05, 3.63) is 24.3 Å². The molecule has 1 aromatic carbocycles. The Hall–Kier alpha value is -1.20. The quantitative estimate of drug-likeness (QED) is 0.499. The summed E-state index contributed by atoms with van der Waals surface area (Å²) in [5.74, 6) is 1.22. The van der Waals surface area contributed by atoms with E-state index in [1.54, 1.807) is 45.0 Å². The van der Waals surface area contributed by atoms with Gasteiger partial charge in [-0.05, 0) is 0 Å². The average Bonchev–Trinajstić information content (AvgIpc) is 2.54. The molecule has 1 aliphatic carbocycles. The molecule has 0 aliphatic heterocycles. The Morgan fingerprint density at radius 2 is 1.72 bits per heavy atom. The molecule has 0 N–H and O–H groups in total. The first kappa shape index (κ1) is 20.1. The van der Waals surface area contributed by atoms with Crippen molar-refractivity contribution < 1.29 is 31.7 Å². The third-order valence-corrected chi connectivity index (χ3v) is 6.59. The Kier molecular flexibility index (Phi) is 7.20. The van der Waals surface area contributed by atoms with Crippen LogP contribution in [-0.4, -0.2) is 11.8 Å². The Balaban J connectivity index is 1.89. The second kappa shape index (κ2) is 8.94. The summed E-state index contributed by atoms with van der Waals surface area (Å²) in [5.41, 5.74) is -0.586. The normalized spacial score (nSPS) is 21.5. The summed E-state index contributed by atoms with van der Waals surface area (Å²) in [4.78, 5) is 12.0. The molecule has 0 unspecified atom stereocenters. The van der Waals surface area contributed by atoms with Crippen LogP contribution < -0.4 is 9.23 Å². The molecule has 0 aromatic heterocycles. The van der Waals surface area contributed by atoms with Gasteiger partial charge in [-0.2, -0.15) is 0 Å². The summed E-state index contributed by atoms with van der Waals surface area (Å²) in [5, 5.41) is 0. The van der Waals surface area contributed by atoms with Gasteiger partial charge in [0, 0.05) is 0 Å². The molecule has 4 nitrogen and oxygen atoms in total. The zero-order valence-electron chi connectivity index (χ0n) is 15.7. The molecule has 1 aromatic rings. The van der Waals surface area contributed by atoms with Crippen LogP contribution in [0.1, 0.15) is 66.2 Å². The Bertz CT molecular complexity index is 581. The van der Waals surface area contributed by atoms with E-state index in [9.17, 15) is 8.66 Å². The van der Waals surface area contributed by atoms with Crippen molar-refractivity contribution in [1.29, 1.82) is 0 Å². The van der Waals surface area contributed by atoms with Crippen molar-refractivity contribution in [3.63, 3.8) is 0 Å². The summed E-state index contributed by atoms with van der Waals surface area (Å²) in [6.45, 7) is 7.60. The second-order valence-corrected chi connectivity index (χ2v) is 9.82. The van der Waals surface area contributed by atoms with Crippen LogP contribution in [0.3, 0.4) is 0 Å². The standard InChI is InChI=1S/C11H13O3.C9H17.Co.O/c1-11(2,3)14-10(12)13-9-7-5-4-6-8-9;1-2-6-9-7-4-3-5-8-9;;/h5-8H,1-3H3;3,9H,2,4-8H2,1H3;;. The van der Waals surface area contributed by atoms with E-state index in [0.717, 1.165) is 23.3 Å². The molecule has 143 valence electrons. The molecular formula is C20H30CoO4. The SMILES string of the molecule is CCCC1CC[CH]([Co](=[O])[c]2ccc(OC(=O)OC(C)(C)C)cc2)CC1. The Morgan fingerprint density at radius 3 is 2.24 bits per heavy atom. The number of hydrogen-bond donors (Lipinski definition) is 0. The third-order valence-electron chi connectivity index (χ3n) is 4.27. The monoisotopic (exact) mass is 393 g/mol. The van der Waals surface area contributed by atoms with Crippen LogP contribution in [0.15, 0.2) is 24.3 Å². The molecule has 0 amide bonds. The number of carbonyl (C=O) groups excluding carboxylic acids is 1. The van der Waals surface area contributed by atoms with Gasteiger partial charge in [-0.25, -0.2) is 0 Å². The molecule has 2 rings (SSSR count). The van der Waals surface area contributed by atoms with Gasteiger partial charge in [0.25, 0.3) is 0 Å². The average molecular weight is 393 g/mol. The number of benzene rings is 1. The van der Waals surface area contributed by atoms with Crippen LogP contribution in [0.2, 0.25) is 4.85 Å². The molecule has 0 saturated heterocycles. The Morgan fingerprint density at radius 1 is 1.12 bits per heavy atom. The van der Waals surface area contributed by atoms with Crippen LogP contribution in [0.5, 0.6) is 5.75 Å². The third kappa shape index (κ3) is 6.55. The molecule has 0 radical (unpaired) electrons. The van der Waals surface area contributed by atoms with Gasteiger partial charge in [0.2, 0.25) is 0 Å². The maximum atomic E-state index is 12.8. The molecule has 25 heavy (non-hydrogen) atoms. The van der Waals surface area contributed by atoms with Gasteiger partial charge < -0.3 is 0 Å². The maximum absolute atomic E-state index is 12.8. The fraction of sp³-hybridized carbons (Fsp3) is 0.650. The Labute approximate surface area is 155 Å². The first-order valence-electron chi connectivity index (χ1n) is 9.09. The number of ether oxygens (including phenoxy) is 2. The van der Waals surface area contributed by atoms with E-state index in [1.807, 2.05) is 0 Å². The number of rotatable bonds is 5. The molecule has 0 spiro atoms. The van der Waals surface area contributed by atoms with Gasteiger partial charge in [0.15, 0.2) is 0 Å². The number of hydrogen-bond acceptors (Lipinski definition) is 4. The molecular weight excluding hydrogens is 363 g/mol. The van der Waals surface area contributed by atoms with Crippen molar-refractivity contribution in [3.8, 4) is 5.75 Å². The summed E-state index contributed by atoms with van der Waals surface area (Å²) < 4.78 is 23.9. The van der Waals surface area contributed by atoms with Crippen molar-refractivity contribution in [1.82, 2.24) is 0 Å². The van der Waals surface area contributed by atoms with Crippen LogP contribution >= 0.6 is 0 Å². The number of carbonyl (C=O) groups is 1. The van der Waals surface area contributed by atoms with Crippen LogP contribution in [0.4, 0.5) is 4.79 Å². The van der Waals surface area contributed by atoms with E-state index in [2.05, 4.69) is 6.92 Å². The van der Waals surface area contributed by atoms with Crippen molar-refractivity contribution in [2.45, 2.75) is 76.7 Å². The van der Waals surface area contributed by atoms with Crippen LogP contribution in [0.25, 0.3) is 0 Å². The molecule has 0 heterocycles. The van der Waals surface area contributed by atoms with Gasteiger partial charge in [-0.1, -0.05) is 0 Å². The molecule has 0 atom stereocenters. The molecule has 1 saturated carbocycles. The zero-order chi connectivity index (χ0) is 18.4. The van der Waals surface area contributed by atoms with E-state index >= 15 is 0 Å². The predicted octanol–water partition coefficient (Wildman–Crippen LogP) is 5.37. The minimum absolute atomic E-state index is 0.276. The summed E-state index contributed by atoms with van der Waals surface area (Å²) in [6, 6.07) is 6.98. The second-order valence-electron chi connectivity index (χ2n) is 7.61. The van der Waals surface area contributed by atoms with Crippen molar-refractivity contribution in [2.24, 2.45) is 5.92 Å². The first-order valence-corrected chi connectivity index (χ1v) is 10.6. The summed E-state index contributed by atoms with van der Waals surface area (Å²) in [6.07, 6.45) is 6.29. The van der Waals surface area contributed by atoms with Gasteiger partial charge in [-0.15, -0.1) is 0 Å². The van der Waals surface area contributed by atoms with E-state index in [1.165, 1.54) is 25.7 Å². The molecule has 0 bridgehead atoms. The minimum atomic E-state index is -1.37. The molecule has 5 heteroatoms. The molecule has 1 fully saturated rings. The van der Waals surface area contributed by atoms with E-state index in [4.69, 9.17) is 9.47 Å². The predicted molar refractivity (Wildman–Crippen MR) is 94.2 cm³/mol. The zero-order valence-corrected chi connectivity index (χ0v) is 16.7. The van der Waals surface area contributed by atoms with Crippen LogP contribution in [0, 0.1) is 5.92 Å². The van der Waals surface area contributed by atoms with Crippen molar-refractivity contribution >= 4 is 10.7 Å². The van der Waals surface area contributed by atoms with Crippen molar-refractivity contribution in [2.75, 3.05) is 0 Å². The molecule has 1 aliphatic rings. The van der Waals surface area contributed by atoms with Crippen LogP contribution in [-0.2, 0) is 22.2 Å². The summed E-state index contributed by atoms with van der Waals surface area (Å²) >= 11 is -1.37. The summed E-state index contributed by atoms with van der Waals surface area (Å²) in [7, 11) is 0. The van der Waals surface area contributed by atoms with Gasteiger partial charge in [0.1, 0.15) is 0 Å². The first-order chi connectivity index (χ1) is 11.8. The fourth-order valence-corrected chi connectivity index (χ4v) is 5.01.